The molecule has 2 nitrogen and oxygen atoms in total. The standard InChI is InChI=1S/C9H8O2/c10-9(11)7-6-8-4-2-1-3-5-8/h1-7H,(H,10,11)/b7-6+/i1+1,2+1,3+1,4+1,5+1,6+1,7+1,8+1,9+1. The molecule has 0 atom stereocenters. The summed E-state index contributed by atoms with van der Waals surface area (Å²) >= 11 is 0. The molecule has 0 aliphatic heterocycles. The van der Waals surface area contributed by atoms with Gasteiger partial charge in [0.1, 0.15) is 0 Å². The summed E-state index contributed by atoms with van der Waals surface area (Å²) in [4.78, 5) is 10.1. The van der Waals surface area contributed by atoms with Gasteiger partial charge in [-0.1, -0.05) is 30.3 Å². The van der Waals surface area contributed by atoms with Crippen molar-refractivity contribution >= 4 is 12.0 Å². The lowest BCUT2D eigenvalue weighted by molar-refractivity contribution is -0.131. The molecule has 0 bridgehead atoms. The molecule has 2 heteroatoms. The fraction of sp³-hybridized carbons (Fsp3) is 0. The lowest BCUT2D eigenvalue weighted by Crippen LogP contribution is -1.85. The van der Waals surface area contributed by atoms with Crippen molar-refractivity contribution in [3.05, 3.63) is 42.0 Å². The van der Waals surface area contributed by atoms with Crippen LogP contribution in [-0.2, 0) is 4.79 Å². The van der Waals surface area contributed by atoms with Crippen LogP contribution in [0, 0.1) is 0 Å². The van der Waals surface area contributed by atoms with Gasteiger partial charge < -0.3 is 5.11 Å². The molecule has 0 aromatic heterocycles. The van der Waals surface area contributed by atoms with Gasteiger partial charge in [0.2, 0.25) is 0 Å². The summed E-state index contributed by atoms with van der Waals surface area (Å²) in [6.07, 6.45) is 2.68. The smallest absolute Gasteiger partial charge is 0.328 e. The molecular formula is C9H8O2. The molecule has 0 fully saturated rings. The van der Waals surface area contributed by atoms with Gasteiger partial charge in [-0.25, -0.2) is 4.79 Å². The van der Waals surface area contributed by atoms with E-state index in [2.05, 4.69) is 0 Å². The summed E-state index contributed by atoms with van der Waals surface area (Å²) in [7, 11) is 0. The fourth-order valence-corrected chi connectivity index (χ4v) is 0.732. The van der Waals surface area contributed by atoms with E-state index in [1.54, 1.807) is 6.08 Å². The van der Waals surface area contributed by atoms with Crippen LogP contribution in [0.5, 0.6) is 0 Å². The van der Waals surface area contributed by atoms with Gasteiger partial charge in [-0.2, -0.15) is 0 Å². The summed E-state index contributed by atoms with van der Waals surface area (Å²) in [5.41, 5.74) is 0.898. The Labute approximate surface area is 64.8 Å². The molecule has 1 N–H and O–H groups in total. The number of rotatable bonds is 2. The number of carboxylic acid groups (broad SMARTS) is 1. The van der Waals surface area contributed by atoms with Crippen molar-refractivity contribution in [2.24, 2.45) is 0 Å². The lowest BCUT2D eigenvalue weighted by Gasteiger charge is -1.87. The topological polar surface area (TPSA) is 37.3 Å². The second-order valence-corrected chi connectivity index (χ2v) is 2.08. The van der Waals surface area contributed by atoms with Crippen LogP contribution in [0.2, 0.25) is 0 Å². The minimum absolute atomic E-state index is 0.898. The van der Waals surface area contributed by atoms with Crippen molar-refractivity contribution in [1.82, 2.24) is 0 Å². The maximum Gasteiger partial charge on any atom is 0.328 e. The molecule has 0 saturated carbocycles. The second-order valence-electron chi connectivity index (χ2n) is 2.08. The van der Waals surface area contributed by atoms with Crippen molar-refractivity contribution in [1.29, 1.82) is 0 Å². The zero-order valence-electron chi connectivity index (χ0n) is 5.90. The van der Waals surface area contributed by atoms with Gasteiger partial charge in [-0.05, 0) is 11.6 Å². The van der Waals surface area contributed by atoms with E-state index < -0.39 is 5.97 Å². The predicted octanol–water partition coefficient (Wildman–Crippen LogP) is 1.78. The third-order valence-corrected chi connectivity index (χ3v) is 1.22. The van der Waals surface area contributed by atoms with Gasteiger partial charge >= 0.3 is 5.97 Å². The van der Waals surface area contributed by atoms with E-state index in [9.17, 15) is 4.79 Å². The lowest BCUT2D eigenvalue weighted by atomic mass is 11.2. The molecule has 0 heterocycles. The van der Waals surface area contributed by atoms with Crippen LogP contribution in [0.25, 0.3) is 6.08 Å². The Morgan fingerprint density at radius 2 is 1.91 bits per heavy atom. The zero-order chi connectivity index (χ0) is 8.10. The van der Waals surface area contributed by atoms with Crippen LogP contribution in [0.1, 0.15) is 5.56 Å². The Bertz CT molecular complexity index is 262. The molecule has 0 radical (unpaired) electrons. The molecule has 0 saturated heterocycles. The van der Waals surface area contributed by atoms with Crippen molar-refractivity contribution < 1.29 is 9.90 Å². The van der Waals surface area contributed by atoms with Crippen molar-refractivity contribution in [3.63, 3.8) is 0 Å². The van der Waals surface area contributed by atoms with E-state index in [0.717, 1.165) is 11.6 Å². The first-order chi connectivity index (χ1) is 5.29. The minimum Gasteiger partial charge on any atom is -0.478 e. The predicted molar refractivity (Wildman–Crippen MR) is 43.1 cm³/mol. The van der Waals surface area contributed by atoms with Crippen molar-refractivity contribution in [2.75, 3.05) is 0 Å². The van der Waals surface area contributed by atoms with E-state index in [-0.39, 0.29) is 0 Å². The molecule has 1 aromatic rings. The molecule has 0 aliphatic carbocycles. The number of aliphatic carboxylic acids is 1. The Morgan fingerprint density at radius 3 is 2.45 bits per heavy atom. The van der Waals surface area contributed by atoms with Gasteiger partial charge in [0.05, 0.1) is 0 Å². The average molecular weight is 157 g/mol. The van der Waals surface area contributed by atoms with E-state index in [1.807, 2.05) is 30.3 Å². The van der Waals surface area contributed by atoms with Crippen LogP contribution in [0.3, 0.4) is 0 Å². The van der Waals surface area contributed by atoms with Gasteiger partial charge in [-0.3, -0.25) is 0 Å². The van der Waals surface area contributed by atoms with E-state index in [4.69, 9.17) is 5.11 Å². The summed E-state index contributed by atoms with van der Waals surface area (Å²) in [6, 6.07) is 9.31. The third-order valence-electron chi connectivity index (χ3n) is 1.22. The monoisotopic (exact) mass is 157 g/mol. The second kappa shape index (κ2) is 3.56. The number of benzene rings is 1. The van der Waals surface area contributed by atoms with Crippen LogP contribution < -0.4 is 0 Å². The largest absolute Gasteiger partial charge is 0.478 e. The van der Waals surface area contributed by atoms with Gasteiger partial charge in [0.15, 0.2) is 0 Å². The van der Waals surface area contributed by atoms with E-state index >= 15 is 0 Å². The minimum atomic E-state index is -0.922. The van der Waals surface area contributed by atoms with Gasteiger partial charge in [-0.15, -0.1) is 0 Å². The van der Waals surface area contributed by atoms with Gasteiger partial charge in [0.25, 0.3) is 0 Å². The molecule has 11 heavy (non-hydrogen) atoms. The maximum absolute atomic E-state index is 10.1. The molecule has 0 spiro atoms. The van der Waals surface area contributed by atoms with Crippen LogP contribution in [0.4, 0.5) is 0 Å². The fourth-order valence-electron chi connectivity index (χ4n) is 0.732. The van der Waals surface area contributed by atoms with Crippen molar-refractivity contribution in [3.8, 4) is 0 Å². The molecule has 56 valence electrons. The maximum atomic E-state index is 10.1. The summed E-state index contributed by atoms with van der Waals surface area (Å²) < 4.78 is 0. The highest BCUT2D eigenvalue weighted by Gasteiger charge is 1.85. The molecule has 0 amide bonds. The Balaban J connectivity index is 2.72. The molecular weight excluding hydrogens is 149 g/mol. The van der Waals surface area contributed by atoms with Gasteiger partial charge in [0, 0.05) is 6.08 Å². The molecule has 1 rings (SSSR count). The summed E-state index contributed by atoms with van der Waals surface area (Å²) in [5, 5.41) is 8.29. The Kier molecular flexibility index (Phi) is 2.44. The first kappa shape index (κ1) is 7.54. The van der Waals surface area contributed by atoms with E-state index in [0.29, 0.717) is 0 Å². The normalized spacial score (nSPS) is 10.2. The third kappa shape index (κ3) is 2.67. The first-order valence-corrected chi connectivity index (χ1v) is 3.25. The van der Waals surface area contributed by atoms with Crippen molar-refractivity contribution in [2.45, 2.75) is 0 Å². The highest BCUT2D eigenvalue weighted by atomic mass is 16.5. The Hall–Kier alpha value is -1.57. The zero-order valence-corrected chi connectivity index (χ0v) is 5.90. The van der Waals surface area contributed by atoms with Crippen LogP contribution >= 0.6 is 0 Å². The summed E-state index contributed by atoms with van der Waals surface area (Å²) in [5.74, 6) is -0.922. The van der Waals surface area contributed by atoms with E-state index in [1.165, 1.54) is 0 Å². The first-order valence-electron chi connectivity index (χ1n) is 3.25. The number of hydrogen-bond acceptors (Lipinski definition) is 1. The number of carbonyl (C=O) groups is 1. The highest BCUT2D eigenvalue weighted by molar-refractivity contribution is 5.85. The number of carboxylic acids is 1. The van der Waals surface area contributed by atoms with Crippen LogP contribution in [0.15, 0.2) is 36.4 Å². The quantitative estimate of drug-likeness (QED) is 0.524. The number of hydrogen-bond donors (Lipinski definition) is 1. The Morgan fingerprint density at radius 1 is 1.27 bits per heavy atom. The SMILES string of the molecule is O=[13C](O)/[13CH]=[13CH]/[13c]1[13cH][13cH][13cH][13cH][13cH]1. The molecule has 0 aliphatic rings. The average Bonchev–Trinajstić information content (AvgIpc) is 2.03. The van der Waals surface area contributed by atoms with Crippen LogP contribution in [-0.4, -0.2) is 11.1 Å². The highest BCUT2D eigenvalue weighted by Crippen LogP contribution is 1.99. The molecule has 0 unspecified atom stereocenters. The summed E-state index contributed by atoms with van der Waals surface area (Å²) in [6.45, 7) is 0. The molecule has 1 aromatic carbocycles.